The van der Waals surface area contributed by atoms with Gasteiger partial charge < -0.3 is 128 Å². The molecule has 1 saturated carbocycles. The summed E-state index contributed by atoms with van der Waals surface area (Å²) >= 11 is 5.68. The number of nitro benzene ring substituents is 1. The Morgan fingerprint density at radius 3 is 1.72 bits per heavy atom. The Morgan fingerprint density at radius 2 is 1.14 bits per heavy atom. The van der Waals surface area contributed by atoms with Crippen molar-refractivity contribution in [3.8, 4) is 28.2 Å². The highest BCUT2D eigenvalue weighted by Gasteiger charge is 2.36. The minimum atomic E-state index is -1.53. The number of phenolic OH excluding ortho intramolecular Hbond substituents is 1. The van der Waals surface area contributed by atoms with Gasteiger partial charge in [-0.15, -0.1) is 0 Å². The van der Waals surface area contributed by atoms with Crippen molar-refractivity contribution in [2.45, 2.75) is 177 Å². The third-order valence-electron chi connectivity index (χ3n) is 21.7. The number of hydrogen-bond donors (Lipinski definition) is 24. The number of rotatable bonds is 53. The number of nitrogens with two attached hydrogens (primary N) is 5. The predicted molar refractivity (Wildman–Crippen MR) is 498 cm³/mol. The Labute approximate surface area is 770 Å². The molecule has 2 aliphatic carbocycles. The van der Waals surface area contributed by atoms with Crippen molar-refractivity contribution in [2.75, 3.05) is 69.6 Å². The zero-order chi connectivity index (χ0) is 96.6. The number of nitro groups is 1. The maximum absolute atomic E-state index is 14.8. The number of carbonyl (C=O) groups excluding carboxylic acids is 11. The number of carboxylic acid groups (broad SMARTS) is 1. The molecule has 0 spiro atoms. The summed E-state index contributed by atoms with van der Waals surface area (Å²) in [5.41, 5.74) is 31.4. The van der Waals surface area contributed by atoms with E-state index in [1.54, 1.807) is 55.6 Å². The number of fused-ring (bicyclic) bond motifs is 2. The third-order valence-corrected chi connectivity index (χ3v) is 22.0. The Bertz CT molecular complexity index is 5290. The standard InChI is InChI=1S/C87H117N27O18S/c1-49(102-74(119)47-99-73(118)46-100-79(123)65(12-4-7-36-89)107-78(122)50-16-18-51(19-17-50)103-87(133)104-54-24-31-60(63(41-54)84(128)129)75-61-32-29-58(115)43-70(61)132-71-44-59(116)30-33-62(71)75)77(121)106-66(13-5-8-37-96-72(117)34-40-113(2)56-25-20-52(21-26-56)111-112-53-22-27-57(28-23-53)114(130)131)81(125)108-68(15-10-39-98-86(93)94)82(126)110-69(42-55-45-95-48-101-55)83(127)109-67(14-9-38-97-85(91)92)80(124)105-64(76(90)120)11-3-6-35-88/h20-33,41,43-45,48-51,64-69,115H,3-19,34-40,42,46-47,88-89H2,1-2H3,(H2,90,120)(H,95,101)(H,96,117)(H,99,118)(H,100,123)(H,102,119)(H,105,124)(H,106,121)(H,107,122)(H,108,125)(H,109,127)(H,110,126)(H,128,129)(H4,91,92,97)(H4,93,94,98)(H2,103,104,133)/t49-,50?,51?,64-,65-,66-,67-,68-,69-/m0/s1. The van der Waals surface area contributed by atoms with Crippen molar-refractivity contribution in [3.05, 3.63) is 147 Å². The minimum absolute atomic E-state index is 0.0132. The van der Waals surface area contributed by atoms with Gasteiger partial charge in [-0.1, -0.05) is 6.07 Å². The number of carboxylic acids is 1. The number of benzene rings is 5. The van der Waals surface area contributed by atoms with Crippen molar-refractivity contribution >= 4 is 140 Å². The lowest BCUT2D eigenvalue weighted by Gasteiger charge is -2.30. The summed E-state index contributed by atoms with van der Waals surface area (Å²) in [6.07, 6.45) is 6.66. The number of imidazole rings is 1. The summed E-state index contributed by atoms with van der Waals surface area (Å²) < 4.78 is 5.95. The van der Waals surface area contributed by atoms with Gasteiger partial charge >= 0.3 is 5.97 Å². The molecular formula is C87H117N27O18S. The molecule has 45 nitrogen and oxygen atoms in total. The first-order valence-electron chi connectivity index (χ1n) is 43.5. The van der Waals surface area contributed by atoms with Crippen molar-refractivity contribution in [2.24, 2.45) is 44.8 Å². The fourth-order valence-electron chi connectivity index (χ4n) is 14.5. The Morgan fingerprint density at radius 1 is 0.602 bits per heavy atom. The molecule has 11 amide bonds. The van der Waals surface area contributed by atoms with E-state index in [-0.39, 0.29) is 159 Å². The molecule has 8 rings (SSSR count). The van der Waals surface area contributed by atoms with E-state index in [9.17, 15) is 82.7 Å². The van der Waals surface area contributed by atoms with Gasteiger partial charge in [0.1, 0.15) is 59.4 Å². The number of aromatic hydroxyl groups is 1. The highest BCUT2D eigenvalue weighted by Crippen LogP contribution is 2.43. The second-order valence-electron chi connectivity index (χ2n) is 31.9. The number of non-ortho nitro benzene ring substituents is 1. The van der Waals surface area contributed by atoms with Gasteiger partial charge in [0.15, 0.2) is 22.5 Å². The number of anilines is 2. The number of carbonyl (C=O) groups is 12. The van der Waals surface area contributed by atoms with E-state index >= 15 is 0 Å². The smallest absolute Gasteiger partial charge is 0.336 e. The second kappa shape index (κ2) is 52.7. The normalized spacial score (nSPS) is 14.4. The van der Waals surface area contributed by atoms with Gasteiger partial charge in [0.05, 0.1) is 47.0 Å². The number of hydrogen-bond acceptors (Lipinski definition) is 26. The molecule has 1 aliphatic heterocycles. The van der Waals surface area contributed by atoms with Crippen LogP contribution in [0, 0.1) is 26.9 Å². The molecule has 1 fully saturated rings. The van der Waals surface area contributed by atoms with Gasteiger partial charge in [0.25, 0.3) is 5.69 Å². The molecule has 0 bridgehead atoms. The Kier molecular flexibility index (Phi) is 41.1. The summed E-state index contributed by atoms with van der Waals surface area (Å²) in [6.45, 7) is 1.03. The highest BCUT2D eigenvalue weighted by atomic mass is 32.1. The zero-order valence-electron chi connectivity index (χ0n) is 73.7. The number of phenols is 1. The number of guanidine groups is 2. The van der Waals surface area contributed by atoms with Crippen LogP contribution in [-0.2, 0) is 59.2 Å². The average molecular weight is 1860 g/mol. The topological polar surface area (TPSA) is 722 Å². The average Bonchev–Trinajstić information content (AvgIpc) is 0.942. The fourth-order valence-corrected chi connectivity index (χ4v) is 14.8. The van der Waals surface area contributed by atoms with Crippen LogP contribution in [0.25, 0.3) is 33.4 Å². The van der Waals surface area contributed by atoms with Crippen molar-refractivity contribution in [1.82, 2.24) is 79.1 Å². The number of nitrogens with one attached hydrogen (secondary N) is 17. The number of amides is 11. The molecular weight excluding hydrogens is 1740 g/mol. The van der Waals surface area contributed by atoms with Gasteiger partial charge in [-0.25, -0.2) is 9.78 Å². The summed E-state index contributed by atoms with van der Waals surface area (Å²) in [5, 5.41) is 94.0. The molecule has 1 aromatic heterocycles. The largest absolute Gasteiger partial charge is 0.508 e. The maximum Gasteiger partial charge on any atom is 0.336 e. The number of azo groups is 1. The van der Waals surface area contributed by atoms with Gasteiger partial charge in [-0.2, -0.15) is 10.2 Å². The number of H-pyrrole nitrogens is 1. The molecule has 133 heavy (non-hydrogen) atoms. The summed E-state index contributed by atoms with van der Waals surface area (Å²) in [4.78, 5) is 197. The maximum atomic E-state index is 14.8. The van der Waals surface area contributed by atoms with Crippen molar-refractivity contribution in [1.29, 1.82) is 10.8 Å². The van der Waals surface area contributed by atoms with Gasteiger partial charge in [0, 0.05) is 116 Å². The molecule has 2 heterocycles. The van der Waals surface area contributed by atoms with Gasteiger partial charge in [-0.3, -0.25) is 78.5 Å². The number of aromatic amines is 1. The van der Waals surface area contributed by atoms with Crippen LogP contribution in [-0.4, -0.2) is 221 Å². The number of aromatic carboxylic acids is 1. The molecule has 4 aromatic carbocycles. The summed E-state index contributed by atoms with van der Waals surface area (Å²) in [7, 11) is 1.78. The van der Waals surface area contributed by atoms with E-state index in [0.717, 1.165) is 5.69 Å². The van der Waals surface area contributed by atoms with Gasteiger partial charge in [0.2, 0.25) is 65.0 Å². The lowest BCUT2D eigenvalue weighted by atomic mass is 9.85. The number of primary amides is 1. The fraction of sp³-hybridized carbons (Fsp3) is 0.437. The summed E-state index contributed by atoms with van der Waals surface area (Å²) in [6, 6.07) is 16.0. The summed E-state index contributed by atoms with van der Waals surface area (Å²) in [5.74, 6) is -10.9. The van der Waals surface area contributed by atoms with Crippen LogP contribution in [0.5, 0.6) is 5.75 Å². The minimum Gasteiger partial charge on any atom is -0.508 e. The quantitative estimate of drug-likeness (QED) is 0.00378. The van der Waals surface area contributed by atoms with Crippen LogP contribution in [0.1, 0.15) is 139 Å². The third kappa shape index (κ3) is 34.2. The van der Waals surface area contributed by atoms with Crippen LogP contribution in [0.2, 0.25) is 0 Å². The van der Waals surface area contributed by atoms with Crippen molar-refractivity contribution < 1.29 is 77.1 Å². The molecule has 7 atom stereocenters. The molecule has 0 unspecified atom stereocenters. The lowest BCUT2D eigenvalue weighted by molar-refractivity contribution is -0.384. The molecule has 0 saturated heterocycles. The molecule has 46 heteroatoms. The first-order chi connectivity index (χ1) is 63.6. The zero-order valence-corrected chi connectivity index (χ0v) is 74.5. The van der Waals surface area contributed by atoms with Crippen molar-refractivity contribution in [3.63, 3.8) is 0 Å². The van der Waals surface area contributed by atoms with Crippen LogP contribution in [0.3, 0.4) is 0 Å². The first-order valence-corrected chi connectivity index (χ1v) is 43.9. The SMILES string of the molecule is C[C@H](NC(=O)CNC(=O)CNC(=O)[C@H](CCCCN)NC(=O)C1CCC(NC(=S)Nc2ccc(-c3c4ccc(=O)cc-4oc4cc(O)ccc34)c(C(=O)O)c2)CC1)C(=O)N[C@@H](CCCCNC(=O)CCN(C)c1ccc(N=Nc2ccc([N+](=O)[O-])cc2)cc1)C(=O)N[C@@H](CCCNC(=N)N)C(=O)N[C@@H](Cc1c[nH]cn1)C(=O)N[C@@H](CCCNC(=N)N)C(=O)N[C@@H](CCCCN)C(N)=O. The van der Waals surface area contributed by atoms with Crippen LogP contribution in [0.4, 0.5) is 28.4 Å². The Balaban J connectivity index is 0.876. The van der Waals surface area contributed by atoms with Crippen LogP contribution >= 0.6 is 12.2 Å². The number of nitrogens with zero attached hydrogens (tertiary/aromatic N) is 5. The predicted octanol–water partition coefficient (Wildman–Crippen LogP) is 1.83. The lowest BCUT2D eigenvalue weighted by Crippen LogP contribution is -2.60. The molecule has 3 aliphatic rings. The van der Waals surface area contributed by atoms with Crippen LogP contribution in [0.15, 0.2) is 135 Å². The molecule has 29 N–H and O–H groups in total. The van der Waals surface area contributed by atoms with E-state index in [0.29, 0.717) is 104 Å². The van der Waals surface area contributed by atoms with Crippen LogP contribution < -0.4 is 113 Å². The van der Waals surface area contributed by atoms with Gasteiger partial charge in [-0.05, 0) is 220 Å². The van der Waals surface area contributed by atoms with E-state index in [2.05, 4.69) is 94.6 Å². The molecule has 5 aromatic rings. The number of thiocarbonyl (C=S) groups is 1. The highest BCUT2D eigenvalue weighted by molar-refractivity contribution is 7.80. The molecule has 714 valence electrons. The van der Waals surface area contributed by atoms with E-state index < -0.39 is 137 Å². The first kappa shape index (κ1) is 104. The van der Waals surface area contributed by atoms with E-state index in [1.807, 2.05) is 4.90 Å². The second-order valence-corrected chi connectivity index (χ2v) is 32.3. The number of unbranched alkanes of at least 4 members (excludes halogenated alkanes) is 3. The van der Waals surface area contributed by atoms with E-state index in [4.69, 9.17) is 56.1 Å². The molecule has 0 radical (unpaired) electrons. The number of aromatic nitrogens is 2. The van der Waals surface area contributed by atoms with E-state index in [1.165, 1.54) is 74.0 Å². The monoisotopic (exact) mass is 1860 g/mol. The Hall–Kier alpha value is -14.8.